The lowest BCUT2D eigenvalue weighted by Crippen LogP contribution is -2.25. The zero-order chi connectivity index (χ0) is 12.3. The number of nitrogens with two attached hydrogens (primary N) is 1. The summed E-state index contributed by atoms with van der Waals surface area (Å²) in [5, 5.41) is 3.90. The van der Waals surface area contributed by atoms with Gasteiger partial charge in [0.15, 0.2) is 0 Å². The summed E-state index contributed by atoms with van der Waals surface area (Å²) in [6.45, 7) is 8.03. The SMILES string of the molecule is C/C(=N\NC(N)=O)c1cc(C)c(C)c(C)c1. The van der Waals surface area contributed by atoms with Gasteiger partial charge < -0.3 is 5.73 Å². The Morgan fingerprint density at radius 1 is 1.25 bits per heavy atom. The van der Waals surface area contributed by atoms with Gasteiger partial charge >= 0.3 is 6.03 Å². The Hall–Kier alpha value is -1.84. The predicted octanol–water partition coefficient (Wildman–Crippen LogP) is 2.00. The summed E-state index contributed by atoms with van der Waals surface area (Å²) in [6.07, 6.45) is 0. The van der Waals surface area contributed by atoms with Crippen molar-refractivity contribution in [3.05, 3.63) is 34.4 Å². The molecule has 0 atom stereocenters. The van der Waals surface area contributed by atoms with Crippen molar-refractivity contribution in [3.8, 4) is 0 Å². The highest BCUT2D eigenvalue weighted by atomic mass is 16.2. The minimum atomic E-state index is -0.653. The number of aryl methyl sites for hydroxylation is 2. The second kappa shape index (κ2) is 4.79. The van der Waals surface area contributed by atoms with Crippen molar-refractivity contribution in [2.24, 2.45) is 10.8 Å². The average molecular weight is 219 g/mol. The Kier molecular flexibility index (Phi) is 3.66. The van der Waals surface area contributed by atoms with Gasteiger partial charge in [-0.25, -0.2) is 10.2 Å². The summed E-state index contributed by atoms with van der Waals surface area (Å²) in [7, 11) is 0. The van der Waals surface area contributed by atoms with Crippen LogP contribution in [0.25, 0.3) is 0 Å². The first kappa shape index (κ1) is 12.2. The molecule has 1 rings (SSSR count). The number of benzene rings is 1. The summed E-state index contributed by atoms with van der Waals surface area (Å²) in [4.78, 5) is 10.5. The van der Waals surface area contributed by atoms with Crippen LogP contribution >= 0.6 is 0 Å². The molecule has 0 bridgehead atoms. The van der Waals surface area contributed by atoms with Crippen molar-refractivity contribution in [2.75, 3.05) is 0 Å². The molecule has 0 aliphatic rings. The lowest BCUT2D eigenvalue weighted by Gasteiger charge is -2.08. The van der Waals surface area contributed by atoms with E-state index in [4.69, 9.17) is 5.73 Å². The third-order valence-electron chi connectivity index (χ3n) is 2.68. The van der Waals surface area contributed by atoms with Gasteiger partial charge in [0.2, 0.25) is 0 Å². The molecule has 4 nitrogen and oxygen atoms in total. The number of carbonyl (C=O) groups is 1. The molecule has 1 aromatic rings. The Balaban J connectivity index is 3.05. The second-order valence-corrected chi connectivity index (χ2v) is 3.91. The zero-order valence-electron chi connectivity index (χ0n) is 10.1. The summed E-state index contributed by atoms with van der Waals surface area (Å²) < 4.78 is 0. The molecule has 0 heterocycles. The minimum Gasteiger partial charge on any atom is -0.350 e. The van der Waals surface area contributed by atoms with Gasteiger partial charge in [-0.15, -0.1) is 0 Å². The van der Waals surface area contributed by atoms with Crippen LogP contribution in [0, 0.1) is 20.8 Å². The first-order valence-corrected chi connectivity index (χ1v) is 5.09. The van der Waals surface area contributed by atoms with E-state index >= 15 is 0 Å². The number of nitrogens with one attached hydrogen (secondary N) is 1. The van der Waals surface area contributed by atoms with Crippen molar-refractivity contribution in [1.82, 2.24) is 5.43 Å². The molecule has 0 fully saturated rings. The molecular weight excluding hydrogens is 202 g/mol. The van der Waals surface area contributed by atoms with E-state index in [1.807, 2.05) is 19.1 Å². The molecule has 0 saturated heterocycles. The molecule has 4 heteroatoms. The van der Waals surface area contributed by atoms with E-state index in [2.05, 4.69) is 31.3 Å². The van der Waals surface area contributed by atoms with Crippen LogP contribution < -0.4 is 11.2 Å². The van der Waals surface area contributed by atoms with Gasteiger partial charge in [-0.05, 0) is 62.1 Å². The van der Waals surface area contributed by atoms with Gasteiger partial charge in [-0.2, -0.15) is 5.10 Å². The number of amides is 2. The number of rotatable bonds is 2. The quantitative estimate of drug-likeness (QED) is 0.579. The van der Waals surface area contributed by atoms with Gasteiger partial charge in [0.25, 0.3) is 0 Å². The minimum absolute atomic E-state index is 0.653. The normalized spacial score (nSPS) is 11.4. The van der Waals surface area contributed by atoms with Gasteiger partial charge in [-0.1, -0.05) is 0 Å². The molecule has 3 N–H and O–H groups in total. The van der Waals surface area contributed by atoms with E-state index in [-0.39, 0.29) is 0 Å². The van der Waals surface area contributed by atoms with Crippen LogP contribution in [0.2, 0.25) is 0 Å². The Morgan fingerprint density at radius 3 is 2.19 bits per heavy atom. The fraction of sp³-hybridized carbons (Fsp3) is 0.333. The lowest BCUT2D eigenvalue weighted by molar-refractivity contribution is 0.249. The second-order valence-electron chi connectivity index (χ2n) is 3.91. The fourth-order valence-corrected chi connectivity index (χ4v) is 1.45. The standard InChI is InChI=1S/C12H17N3O/c1-7-5-11(6-8(2)9(7)3)10(4)14-15-12(13)16/h5-6H,1-4H3,(H3,13,15,16)/b14-10+. The molecule has 0 saturated carbocycles. The number of hydrazone groups is 1. The first-order chi connectivity index (χ1) is 7.41. The van der Waals surface area contributed by atoms with Crippen LogP contribution in [0.4, 0.5) is 4.79 Å². The highest BCUT2D eigenvalue weighted by Gasteiger charge is 2.03. The number of nitrogens with zero attached hydrogens (tertiary/aromatic N) is 1. The molecule has 0 aromatic heterocycles. The summed E-state index contributed by atoms with van der Waals surface area (Å²) >= 11 is 0. The molecule has 0 unspecified atom stereocenters. The monoisotopic (exact) mass is 219 g/mol. The van der Waals surface area contributed by atoms with Gasteiger partial charge in [-0.3, -0.25) is 0 Å². The van der Waals surface area contributed by atoms with Crippen molar-refractivity contribution < 1.29 is 4.79 Å². The zero-order valence-corrected chi connectivity index (χ0v) is 10.1. The predicted molar refractivity (Wildman–Crippen MR) is 65.6 cm³/mol. The van der Waals surface area contributed by atoms with Crippen molar-refractivity contribution in [1.29, 1.82) is 0 Å². The lowest BCUT2D eigenvalue weighted by atomic mass is 9.99. The van der Waals surface area contributed by atoms with E-state index in [0.717, 1.165) is 11.3 Å². The number of urea groups is 1. The molecule has 0 aliphatic heterocycles. The summed E-state index contributed by atoms with van der Waals surface area (Å²) in [5.74, 6) is 0. The number of hydrogen-bond donors (Lipinski definition) is 2. The van der Waals surface area contributed by atoms with E-state index in [1.54, 1.807) is 0 Å². The maximum Gasteiger partial charge on any atom is 0.332 e. The largest absolute Gasteiger partial charge is 0.350 e. The molecular formula is C12H17N3O. The number of hydrogen-bond acceptors (Lipinski definition) is 2. The van der Waals surface area contributed by atoms with Gasteiger partial charge in [0.1, 0.15) is 0 Å². The van der Waals surface area contributed by atoms with Crippen LogP contribution in [-0.4, -0.2) is 11.7 Å². The third kappa shape index (κ3) is 2.82. The smallest absolute Gasteiger partial charge is 0.332 e. The number of primary amides is 1. The van der Waals surface area contributed by atoms with Crippen molar-refractivity contribution >= 4 is 11.7 Å². The summed E-state index contributed by atoms with van der Waals surface area (Å²) in [6, 6.07) is 3.44. The van der Waals surface area contributed by atoms with E-state index < -0.39 is 6.03 Å². The summed E-state index contributed by atoms with van der Waals surface area (Å²) in [5.41, 5.74) is 12.6. The molecule has 0 aliphatic carbocycles. The van der Waals surface area contributed by atoms with Crippen LogP contribution in [0.5, 0.6) is 0 Å². The van der Waals surface area contributed by atoms with E-state index in [0.29, 0.717) is 0 Å². The van der Waals surface area contributed by atoms with E-state index in [1.165, 1.54) is 16.7 Å². The third-order valence-corrected chi connectivity index (χ3v) is 2.68. The molecule has 0 radical (unpaired) electrons. The van der Waals surface area contributed by atoms with Crippen molar-refractivity contribution in [3.63, 3.8) is 0 Å². The highest BCUT2D eigenvalue weighted by molar-refractivity contribution is 5.99. The molecule has 1 aromatic carbocycles. The Morgan fingerprint density at radius 2 is 1.75 bits per heavy atom. The van der Waals surface area contributed by atoms with Crippen molar-refractivity contribution in [2.45, 2.75) is 27.7 Å². The van der Waals surface area contributed by atoms with Crippen LogP contribution in [0.3, 0.4) is 0 Å². The number of carbonyl (C=O) groups excluding carboxylic acids is 1. The van der Waals surface area contributed by atoms with Gasteiger partial charge in [0.05, 0.1) is 5.71 Å². The molecule has 16 heavy (non-hydrogen) atoms. The van der Waals surface area contributed by atoms with Crippen LogP contribution in [0.15, 0.2) is 17.2 Å². The van der Waals surface area contributed by atoms with Gasteiger partial charge in [0, 0.05) is 0 Å². The molecule has 0 spiro atoms. The maximum absolute atomic E-state index is 10.5. The Bertz CT molecular complexity index is 427. The molecule has 2 amide bonds. The van der Waals surface area contributed by atoms with E-state index in [9.17, 15) is 4.79 Å². The average Bonchev–Trinajstić information content (AvgIpc) is 2.21. The fourth-order valence-electron chi connectivity index (χ4n) is 1.45. The molecule has 86 valence electrons. The topological polar surface area (TPSA) is 67.5 Å². The maximum atomic E-state index is 10.5. The Labute approximate surface area is 95.5 Å². The highest BCUT2D eigenvalue weighted by Crippen LogP contribution is 2.15. The van der Waals surface area contributed by atoms with Crippen LogP contribution in [0.1, 0.15) is 29.2 Å². The van der Waals surface area contributed by atoms with Crippen LogP contribution in [-0.2, 0) is 0 Å². The first-order valence-electron chi connectivity index (χ1n) is 5.09.